The molecule has 0 radical (unpaired) electrons. The molecule has 0 aliphatic heterocycles. The number of benzene rings is 1. The van der Waals surface area contributed by atoms with E-state index >= 15 is 0 Å². The second-order valence-corrected chi connectivity index (χ2v) is 8.18. The zero-order valence-electron chi connectivity index (χ0n) is 17.6. The zero-order chi connectivity index (χ0) is 19.9. The Hall–Kier alpha value is -1.02. The summed E-state index contributed by atoms with van der Waals surface area (Å²) in [6.45, 7) is 7.44. The van der Waals surface area contributed by atoms with Crippen LogP contribution in [0.2, 0.25) is 0 Å². The van der Waals surface area contributed by atoms with Crippen LogP contribution in [0.1, 0.15) is 103 Å². The van der Waals surface area contributed by atoms with Gasteiger partial charge in [-0.25, -0.2) is 0 Å². The van der Waals surface area contributed by atoms with Crippen molar-refractivity contribution in [1.82, 2.24) is 0 Å². The van der Waals surface area contributed by atoms with Crippen LogP contribution in [0.5, 0.6) is 5.75 Å². The molecule has 0 aliphatic carbocycles. The number of hydrogen-bond acceptors (Lipinski definition) is 2. The molecule has 2 atom stereocenters. The summed E-state index contributed by atoms with van der Waals surface area (Å²) in [5.41, 5.74) is 1.31. The van der Waals surface area contributed by atoms with E-state index < -0.39 is 0 Å². The molecular weight excluding hydrogens is 356 g/mol. The average molecular weight is 395 g/mol. The average Bonchev–Trinajstić information content (AvgIpc) is 2.67. The van der Waals surface area contributed by atoms with Crippen LogP contribution in [-0.2, 0) is 4.79 Å². The third-order valence-corrected chi connectivity index (χ3v) is 5.70. The van der Waals surface area contributed by atoms with E-state index in [1.54, 1.807) is 0 Å². The van der Waals surface area contributed by atoms with Gasteiger partial charge in [-0.3, -0.25) is 4.79 Å². The Balaban J connectivity index is 2.35. The van der Waals surface area contributed by atoms with Gasteiger partial charge in [0.05, 0.1) is 6.61 Å². The lowest BCUT2D eigenvalue weighted by molar-refractivity contribution is -0.115. The normalized spacial score (nSPS) is 13.3. The molecule has 27 heavy (non-hydrogen) atoms. The van der Waals surface area contributed by atoms with E-state index in [0.29, 0.717) is 5.92 Å². The number of halogens is 1. The SMILES string of the molecule is CCCCCCCOc1ccc(C(C)CCC(CCCCC)C(=O)Cl)cc1. The van der Waals surface area contributed by atoms with Crippen LogP contribution >= 0.6 is 11.6 Å². The molecule has 1 aromatic carbocycles. The molecular formula is C24H39ClO2. The predicted molar refractivity (Wildman–Crippen MR) is 117 cm³/mol. The lowest BCUT2D eigenvalue weighted by atomic mass is 9.90. The van der Waals surface area contributed by atoms with Crippen molar-refractivity contribution in [3.8, 4) is 5.75 Å². The minimum Gasteiger partial charge on any atom is -0.494 e. The van der Waals surface area contributed by atoms with Gasteiger partial charge in [-0.2, -0.15) is 0 Å². The predicted octanol–water partition coefficient (Wildman–Crippen LogP) is 7.88. The first-order valence-corrected chi connectivity index (χ1v) is 11.4. The van der Waals surface area contributed by atoms with E-state index in [9.17, 15) is 4.79 Å². The molecule has 0 spiro atoms. The minimum atomic E-state index is -0.166. The Morgan fingerprint density at radius 1 is 0.889 bits per heavy atom. The Morgan fingerprint density at radius 3 is 2.15 bits per heavy atom. The number of ether oxygens (including phenoxy) is 1. The molecule has 0 amide bonds. The first kappa shape index (κ1) is 24.0. The van der Waals surface area contributed by atoms with Crippen molar-refractivity contribution in [3.05, 3.63) is 29.8 Å². The third kappa shape index (κ3) is 10.8. The van der Waals surface area contributed by atoms with E-state index in [2.05, 4.69) is 45.0 Å². The van der Waals surface area contributed by atoms with Crippen LogP contribution in [0.15, 0.2) is 24.3 Å². The summed E-state index contributed by atoms with van der Waals surface area (Å²) in [6.07, 6.45) is 12.5. The monoisotopic (exact) mass is 394 g/mol. The molecule has 0 aromatic heterocycles. The van der Waals surface area contributed by atoms with Gasteiger partial charge in [-0.05, 0) is 60.9 Å². The molecule has 0 aliphatic rings. The van der Waals surface area contributed by atoms with Crippen LogP contribution in [0.4, 0.5) is 0 Å². The molecule has 0 saturated carbocycles. The van der Waals surface area contributed by atoms with E-state index in [1.165, 1.54) is 44.1 Å². The highest BCUT2D eigenvalue weighted by atomic mass is 35.5. The van der Waals surface area contributed by atoms with Crippen molar-refractivity contribution in [2.24, 2.45) is 5.92 Å². The van der Waals surface area contributed by atoms with Gasteiger partial charge in [0.2, 0.25) is 5.24 Å². The van der Waals surface area contributed by atoms with Gasteiger partial charge < -0.3 is 4.74 Å². The van der Waals surface area contributed by atoms with Gasteiger partial charge in [0, 0.05) is 5.92 Å². The second-order valence-electron chi connectivity index (χ2n) is 7.81. The van der Waals surface area contributed by atoms with Crippen molar-refractivity contribution in [3.63, 3.8) is 0 Å². The molecule has 2 unspecified atom stereocenters. The maximum atomic E-state index is 11.7. The van der Waals surface area contributed by atoms with E-state index in [4.69, 9.17) is 16.3 Å². The maximum absolute atomic E-state index is 11.7. The molecule has 0 fully saturated rings. The Kier molecular flexibility index (Phi) is 13.3. The molecule has 0 heterocycles. The molecule has 0 N–H and O–H groups in total. The molecule has 2 nitrogen and oxygen atoms in total. The summed E-state index contributed by atoms with van der Waals surface area (Å²) in [5.74, 6) is 1.39. The summed E-state index contributed by atoms with van der Waals surface area (Å²) in [4.78, 5) is 11.7. The number of rotatable bonds is 16. The van der Waals surface area contributed by atoms with Gasteiger partial charge in [0.15, 0.2) is 0 Å². The largest absolute Gasteiger partial charge is 0.494 e. The maximum Gasteiger partial charge on any atom is 0.224 e. The van der Waals surface area contributed by atoms with Gasteiger partial charge in [-0.15, -0.1) is 0 Å². The van der Waals surface area contributed by atoms with E-state index in [-0.39, 0.29) is 11.2 Å². The highest BCUT2D eigenvalue weighted by Gasteiger charge is 2.17. The van der Waals surface area contributed by atoms with Gasteiger partial charge in [0.1, 0.15) is 5.75 Å². The second kappa shape index (κ2) is 15.0. The fourth-order valence-corrected chi connectivity index (χ4v) is 3.64. The third-order valence-electron chi connectivity index (χ3n) is 5.39. The van der Waals surface area contributed by atoms with E-state index in [1.807, 2.05) is 0 Å². The number of carbonyl (C=O) groups is 1. The van der Waals surface area contributed by atoms with Crippen LogP contribution in [-0.4, -0.2) is 11.8 Å². The van der Waals surface area contributed by atoms with Crippen LogP contribution in [0.25, 0.3) is 0 Å². The molecule has 3 heteroatoms. The van der Waals surface area contributed by atoms with Crippen molar-refractivity contribution >= 4 is 16.8 Å². The Bertz CT molecular complexity index is 498. The van der Waals surface area contributed by atoms with Crippen molar-refractivity contribution in [2.75, 3.05) is 6.61 Å². The summed E-state index contributed by atoms with van der Waals surface area (Å²) >= 11 is 5.81. The number of hydrogen-bond donors (Lipinski definition) is 0. The zero-order valence-corrected chi connectivity index (χ0v) is 18.4. The lowest BCUT2D eigenvalue weighted by Gasteiger charge is -2.17. The van der Waals surface area contributed by atoms with Crippen molar-refractivity contribution < 1.29 is 9.53 Å². The molecule has 154 valence electrons. The van der Waals surface area contributed by atoms with Crippen molar-refractivity contribution in [2.45, 2.75) is 97.3 Å². The fraction of sp³-hybridized carbons (Fsp3) is 0.708. The summed E-state index contributed by atoms with van der Waals surface area (Å²) < 4.78 is 5.84. The lowest BCUT2D eigenvalue weighted by Crippen LogP contribution is -2.10. The van der Waals surface area contributed by atoms with Crippen LogP contribution < -0.4 is 4.74 Å². The minimum absolute atomic E-state index is 0.0102. The Morgan fingerprint density at radius 2 is 1.52 bits per heavy atom. The summed E-state index contributed by atoms with van der Waals surface area (Å²) in [6, 6.07) is 8.46. The Labute approximate surface area is 172 Å². The quantitative estimate of drug-likeness (QED) is 0.210. The summed E-state index contributed by atoms with van der Waals surface area (Å²) in [5, 5.41) is -0.166. The van der Waals surface area contributed by atoms with Gasteiger partial charge in [-0.1, -0.05) is 77.8 Å². The summed E-state index contributed by atoms with van der Waals surface area (Å²) in [7, 11) is 0. The van der Waals surface area contributed by atoms with Crippen LogP contribution in [0.3, 0.4) is 0 Å². The highest BCUT2D eigenvalue weighted by molar-refractivity contribution is 6.63. The first-order valence-electron chi connectivity index (χ1n) is 11.0. The molecule has 1 rings (SSSR count). The molecule has 0 saturated heterocycles. The molecule has 0 bridgehead atoms. The topological polar surface area (TPSA) is 26.3 Å². The number of unbranched alkanes of at least 4 members (excludes halogenated alkanes) is 6. The van der Waals surface area contributed by atoms with Gasteiger partial charge in [0.25, 0.3) is 0 Å². The van der Waals surface area contributed by atoms with Gasteiger partial charge >= 0.3 is 0 Å². The molecule has 1 aromatic rings. The highest BCUT2D eigenvalue weighted by Crippen LogP contribution is 2.27. The van der Waals surface area contributed by atoms with E-state index in [0.717, 1.165) is 44.5 Å². The van der Waals surface area contributed by atoms with Crippen molar-refractivity contribution in [1.29, 1.82) is 0 Å². The number of carbonyl (C=O) groups excluding carboxylic acids is 1. The standard InChI is InChI=1S/C24H39ClO2/c1-4-6-8-9-11-19-27-23-17-15-21(16-18-23)20(3)13-14-22(24(25)26)12-10-7-5-2/h15-18,20,22H,4-14,19H2,1-3H3. The van der Waals surface area contributed by atoms with Crippen LogP contribution in [0, 0.1) is 5.92 Å². The smallest absolute Gasteiger partial charge is 0.224 e. The first-order chi connectivity index (χ1) is 13.1. The fourth-order valence-electron chi connectivity index (χ4n) is 3.42.